The van der Waals surface area contributed by atoms with Crippen molar-refractivity contribution in [2.45, 2.75) is 37.5 Å². The first-order valence-electron chi connectivity index (χ1n) is 9.69. The summed E-state index contributed by atoms with van der Waals surface area (Å²) >= 11 is 1.63. The van der Waals surface area contributed by atoms with Crippen molar-refractivity contribution in [3.63, 3.8) is 0 Å². The molecule has 7 heteroatoms. The molecule has 2 rings (SSSR count). The molecule has 158 valence electrons. The van der Waals surface area contributed by atoms with Gasteiger partial charge in [0.25, 0.3) is 5.91 Å². The minimum atomic E-state index is -3.60. The number of anilines is 1. The summed E-state index contributed by atoms with van der Waals surface area (Å²) in [4.78, 5) is 13.8. The fraction of sp³-hybridized carbons (Fsp3) is 0.409. The highest BCUT2D eigenvalue weighted by atomic mass is 32.2. The maximum absolute atomic E-state index is 13.1. The first kappa shape index (κ1) is 23.4. The second-order valence-corrected chi connectivity index (χ2v) is 10.6. The Balaban J connectivity index is 2.17. The Morgan fingerprint density at radius 2 is 1.45 bits per heavy atom. The third-order valence-electron chi connectivity index (χ3n) is 4.24. The van der Waals surface area contributed by atoms with E-state index in [1.54, 1.807) is 23.9 Å². The number of nitrogens with one attached hydrogen (secondary N) is 1. The molecule has 0 aliphatic carbocycles. The number of hydrogen-bond acceptors (Lipinski definition) is 4. The van der Waals surface area contributed by atoms with Crippen LogP contribution in [0.2, 0.25) is 0 Å². The lowest BCUT2D eigenvalue weighted by Gasteiger charge is -2.25. The largest absolute Gasteiger partial charge is 0.322 e. The number of benzene rings is 2. The van der Waals surface area contributed by atoms with Crippen LogP contribution in [0.3, 0.4) is 0 Å². The molecular formula is C22H30N2O3S2. The Labute approximate surface area is 178 Å². The van der Waals surface area contributed by atoms with Gasteiger partial charge in [-0.25, -0.2) is 8.42 Å². The van der Waals surface area contributed by atoms with Crippen LogP contribution < -0.4 is 5.32 Å². The van der Waals surface area contributed by atoms with Crippen LogP contribution in [0.15, 0.2) is 58.3 Å². The van der Waals surface area contributed by atoms with Gasteiger partial charge in [-0.2, -0.15) is 4.31 Å². The summed E-state index contributed by atoms with van der Waals surface area (Å²) in [5, 5.41) is 2.83. The van der Waals surface area contributed by atoms with E-state index in [1.807, 2.05) is 58.2 Å². The van der Waals surface area contributed by atoms with E-state index in [9.17, 15) is 13.2 Å². The number of hydrogen-bond donors (Lipinski definition) is 1. The Morgan fingerprint density at radius 1 is 0.931 bits per heavy atom. The third-order valence-corrected chi connectivity index (χ3v) is 6.83. The fourth-order valence-corrected chi connectivity index (χ4v) is 5.07. The number of rotatable bonds is 9. The van der Waals surface area contributed by atoms with Crippen LogP contribution in [0.25, 0.3) is 0 Å². The van der Waals surface area contributed by atoms with Gasteiger partial charge >= 0.3 is 0 Å². The van der Waals surface area contributed by atoms with Crippen molar-refractivity contribution >= 4 is 33.4 Å². The molecule has 0 atom stereocenters. The molecule has 0 radical (unpaired) electrons. The fourth-order valence-electron chi connectivity index (χ4n) is 2.89. The summed E-state index contributed by atoms with van der Waals surface area (Å²) in [5.41, 5.74) is 1.11. The third kappa shape index (κ3) is 6.59. The number of amides is 1. The van der Waals surface area contributed by atoms with Gasteiger partial charge in [-0.3, -0.25) is 4.79 Å². The average molecular weight is 435 g/mol. The molecule has 2 aromatic carbocycles. The minimum absolute atomic E-state index is 0.208. The molecule has 1 N–H and O–H groups in total. The lowest BCUT2D eigenvalue weighted by atomic mass is 10.2. The van der Waals surface area contributed by atoms with Gasteiger partial charge in [0.1, 0.15) is 0 Å². The molecular weight excluding hydrogens is 404 g/mol. The molecule has 0 bridgehead atoms. The summed E-state index contributed by atoms with van der Waals surface area (Å²) in [7, 11) is -3.60. The Hall–Kier alpha value is -1.83. The van der Waals surface area contributed by atoms with Crippen molar-refractivity contribution in [1.82, 2.24) is 4.31 Å². The predicted molar refractivity (Wildman–Crippen MR) is 121 cm³/mol. The van der Waals surface area contributed by atoms with Gasteiger partial charge in [0.05, 0.1) is 4.90 Å². The zero-order valence-electron chi connectivity index (χ0n) is 17.7. The molecule has 0 spiro atoms. The summed E-state index contributed by atoms with van der Waals surface area (Å²) in [6, 6.07) is 13.7. The first-order valence-corrected chi connectivity index (χ1v) is 12.4. The highest BCUT2D eigenvalue weighted by Gasteiger charge is 2.26. The second-order valence-electron chi connectivity index (χ2n) is 7.82. The predicted octanol–water partition coefficient (Wildman–Crippen LogP) is 4.96. The molecule has 0 aromatic heterocycles. The molecule has 0 saturated heterocycles. The lowest BCUT2D eigenvalue weighted by Crippen LogP contribution is -2.37. The zero-order valence-corrected chi connectivity index (χ0v) is 19.3. The highest BCUT2D eigenvalue weighted by Crippen LogP contribution is 2.21. The lowest BCUT2D eigenvalue weighted by molar-refractivity contribution is 0.102. The van der Waals surface area contributed by atoms with Crippen LogP contribution in [-0.2, 0) is 10.0 Å². The number of carbonyl (C=O) groups is 1. The Kier molecular flexibility index (Phi) is 8.31. The number of carbonyl (C=O) groups excluding carboxylic acids is 1. The van der Waals surface area contributed by atoms with E-state index in [0.29, 0.717) is 24.3 Å². The van der Waals surface area contributed by atoms with Gasteiger partial charge in [0.2, 0.25) is 10.0 Å². The van der Waals surface area contributed by atoms with Crippen molar-refractivity contribution in [2.24, 2.45) is 11.8 Å². The summed E-state index contributed by atoms with van der Waals surface area (Å²) < 4.78 is 27.7. The monoisotopic (exact) mass is 434 g/mol. The van der Waals surface area contributed by atoms with E-state index in [0.717, 1.165) is 4.90 Å². The first-order chi connectivity index (χ1) is 13.6. The van der Waals surface area contributed by atoms with E-state index in [-0.39, 0.29) is 22.6 Å². The molecule has 1 amide bonds. The standard InChI is InChI=1S/C22H30N2O3S2/c1-16(2)14-24(15-17(3)4)29(26,27)21-12-6-18(7-13-21)22(25)23-19-8-10-20(28-5)11-9-19/h6-13,16-17H,14-15H2,1-5H3,(H,23,25). The second kappa shape index (κ2) is 10.3. The van der Waals surface area contributed by atoms with E-state index in [1.165, 1.54) is 16.4 Å². The van der Waals surface area contributed by atoms with Crippen LogP contribution in [0.5, 0.6) is 0 Å². The van der Waals surface area contributed by atoms with Crippen molar-refractivity contribution in [3.05, 3.63) is 54.1 Å². The molecule has 0 aliphatic heterocycles. The van der Waals surface area contributed by atoms with Crippen molar-refractivity contribution in [3.8, 4) is 0 Å². The quantitative estimate of drug-likeness (QED) is 0.566. The number of nitrogens with zero attached hydrogens (tertiary/aromatic N) is 1. The van der Waals surface area contributed by atoms with E-state index in [2.05, 4.69) is 5.32 Å². The van der Waals surface area contributed by atoms with Gasteiger partial charge in [-0.15, -0.1) is 11.8 Å². The minimum Gasteiger partial charge on any atom is -0.322 e. The van der Waals surface area contributed by atoms with Crippen molar-refractivity contribution in [2.75, 3.05) is 24.7 Å². The Bertz CT molecular complexity index is 896. The molecule has 2 aromatic rings. The summed E-state index contributed by atoms with van der Waals surface area (Å²) in [6.45, 7) is 8.94. The zero-order chi connectivity index (χ0) is 21.6. The van der Waals surface area contributed by atoms with Crippen LogP contribution >= 0.6 is 11.8 Å². The molecule has 0 aliphatic rings. The van der Waals surface area contributed by atoms with Gasteiger partial charge in [0, 0.05) is 29.2 Å². The SMILES string of the molecule is CSc1ccc(NC(=O)c2ccc(S(=O)(=O)N(CC(C)C)CC(C)C)cc2)cc1. The van der Waals surface area contributed by atoms with Crippen molar-refractivity contribution in [1.29, 1.82) is 0 Å². The topological polar surface area (TPSA) is 66.5 Å². The highest BCUT2D eigenvalue weighted by molar-refractivity contribution is 7.98. The normalized spacial score (nSPS) is 12.0. The van der Waals surface area contributed by atoms with Crippen LogP contribution in [0.4, 0.5) is 5.69 Å². The van der Waals surface area contributed by atoms with Gasteiger partial charge < -0.3 is 5.32 Å². The van der Waals surface area contributed by atoms with E-state index >= 15 is 0 Å². The van der Waals surface area contributed by atoms with Crippen molar-refractivity contribution < 1.29 is 13.2 Å². The number of thioether (sulfide) groups is 1. The smallest absolute Gasteiger partial charge is 0.255 e. The summed E-state index contributed by atoms with van der Waals surface area (Å²) in [6.07, 6.45) is 1.99. The van der Waals surface area contributed by atoms with E-state index in [4.69, 9.17) is 0 Å². The molecule has 0 fully saturated rings. The van der Waals surface area contributed by atoms with Gasteiger partial charge in [-0.1, -0.05) is 27.7 Å². The Morgan fingerprint density at radius 3 is 1.90 bits per heavy atom. The molecule has 0 heterocycles. The summed E-state index contributed by atoms with van der Waals surface area (Å²) in [5.74, 6) is 0.184. The van der Waals surface area contributed by atoms with Crippen LogP contribution in [0.1, 0.15) is 38.1 Å². The van der Waals surface area contributed by atoms with Gasteiger partial charge in [0.15, 0.2) is 0 Å². The molecule has 5 nitrogen and oxygen atoms in total. The maximum Gasteiger partial charge on any atom is 0.255 e. The van der Waals surface area contributed by atoms with Crippen LogP contribution in [-0.4, -0.2) is 38.0 Å². The van der Waals surface area contributed by atoms with Gasteiger partial charge in [-0.05, 0) is 66.6 Å². The average Bonchev–Trinajstić information content (AvgIpc) is 2.67. The molecule has 0 saturated carbocycles. The molecule has 0 unspecified atom stereocenters. The molecule has 29 heavy (non-hydrogen) atoms. The maximum atomic E-state index is 13.1. The number of sulfonamides is 1. The van der Waals surface area contributed by atoms with E-state index < -0.39 is 10.0 Å². The van der Waals surface area contributed by atoms with Crippen LogP contribution in [0, 0.1) is 11.8 Å².